The average Bonchev–Trinajstić information content (AvgIpc) is 3.30. The summed E-state index contributed by atoms with van der Waals surface area (Å²) in [5.74, 6) is 1.64. The predicted octanol–water partition coefficient (Wildman–Crippen LogP) is 4.35. The molecule has 1 aromatic carbocycles. The summed E-state index contributed by atoms with van der Waals surface area (Å²) in [5.41, 5.74) is 4.16. The Morgan fingerprint density at radius 2 is 1.76 bits per heavy atom. The van der Waals surface area contributed by atoms with Crippen molar-refractivity contribution in [3.8, 4) is 22.7 Å². The van der Waals surface area contributed by atoms with Crippen LogP contribution in [0.2, 0.25) is 0 Å². The van der Waals surface area contributed by atoms with Crippen LogP contribution in [0.15, 0.2) is 53.1 Å². The monoisotopic (exact) mass is 333 g/mol. The Morgan fingerprint density at radius 1 is 1.00 bits per heavy atom. The number of hydrogen-bond donors (Lipinski definition) is 0. The van der Waals surface area contributed by atoms with Crippen LogP contribution in [0, 0.1) is 6.92 Å². The van der Waals surface area contributed by atoms with Crippen molar-refractivity contribution in [1.82, 2.24) is 14.9 Å². The van der Waals surface area contributed by atoms with E-state index in [-0.39, 0.29) is 0 Å². The van der Waals surface area contributed by atoms with E-state index in [4.69, 9.17) is 9.40 Å². The van der Waals surface area contributed by atoms with Crippen LogP contribution in [0.3, 0.4) is 0 Å². The quantitative estimate of drug-likeness (QED) is 0.696. The highest BCUT2D eigenvalue weighted by molar-refractivity contribution is 5.64. The topological polar surface area (TPSA) is 42.2 Å². The van der Waals surface area contributed by atoms with Crippen LogP contribution >= 0.6 is 0 Å². The number of pyridine rings is 1. The number of nitrogens with zero attached hydrogens (tertiary/aromatic N) is 3. The van der Waals surface area contributed by atoms with Crippen LogP contribution in [0.4, 0.5) is 0 Å². The third kappa shape index (κ3) is 3.64. The molecule has 1 aliphatic rings. The van der Waals surface area contributed by atoms with Crippen LogP contribution in [0.1, 0.15) is 24.3 Å². The number of hydrogen-bond acceptors (Lipinski definition) is 4. The van der Waals surface area contributed by atoms with Gasteiger partial charge < -0.3 is 9.32 Å². The standard InChI is InChI=1S/C21H23N3O/c1-16-19(11-15-24-13-4-5-14-24)23-21(25-16)18-9-7-17(8-10-18)20-6-2-3-12-22-20/h2-3,6-10,12H,4-5,11,13-15H2,1H3. The second-order valence-electron chi connectivity index (χ2n) is 6.61. The minimum atomic E-state index is 0.710. The Labute approximate surface area is 148 Å². The lowest BCUT2D eigenvalue weighted by Gasteiger charge is -2.12. The second kappa shape index (κ2) is 7.19. The fourth-order valence-corrected chi connectivity index (χ4v) is 3.37. The third-order valence-electron chi connectivity index (χ3n) is 4.85. The number of oxazole rings is 1. The molecule has 0 N–H and O–H groups in total. The number of aromatic nitrogens is 2. The maximum absolute atomic E-state index is 5.92. The molecule has 1 aliphatic heterocycles. The first-order valence-electron chi connectivity index (χ1n) is 9.00. The molecule has 4 heteroatoms. The van der Waals surface area contributed by atoms with Gasteiger partial charge in [-0.25, -0.2) is 4.98 Å². The highest BCUT2D eigenvalue weighted by Crippen LogP contribution is 2.25. The molecule has 0 saturated carbocycles. The molecule has 25 heavy (non-hydrogen) atoms. The van der Waals surface area contributed by atoms with E-state index in [1.54, 1.807) is 0 Å². The molecule has 0 atom stereocenters. The minimum absolute atomic E-state index is 0.710. The van der Waals surface area contributed by atoms with Gasteiger partial charge in [0.05, 0.1) is 11.4 Å². The summed E-state index contributed by atoms with van der Waals surface area (Å²) in [7, 11) is 0. The minimum Gasteiger partial charge on any atom is -0.441 e. The molecule has 0 unspecified atom stereocenters. The number of benzene rings is 1. The molecule has 1 fully saturated rings. The first kappa shape index (κ1) is 16.0. The van der Waals surface area contributed by atoms with Crippen LogP contribution in [-0.2, 0) is 6.42 Å². The lowest BCUT2D eigenvalue weighted by Crippen LogP contribution is -2.22. The largest absolute Gasteiger partial charge is 0.441 e. The summed E-state index contributed by atoms with van der Waals surface area (Å²) >= 11 is 0. The Hall–Kier alpha value is -2.46. The molecule has 4 rings (SSSR count). The molecule has 2 aromatic heterocycles. The summed E-state index contributed by atoms with van der Waals surface area (Å²) in [6.07, 6.45) is 5.42. The zero-order valence-electron chi connectivity index (χ0n) is 14.6. The van der Waals surface area contributed by atoms with E-state index in [0.717, 1.165) is 41.2 Å². The summed E-state index contributed by atoms with van der Waals surface area (Å²) in [5, 5.41) is 0. The zero-order valence-corrected chi connectivity index (χ0v) is 14.6. The van der Waals surface area contributed by atoms with Crippen molar-refractivity contribution in [2.24, 2.45) is 0 Å². The Morgan fingerprint density at radius 3 is 2.48 bits per heavy atom. The van der Waals surface area contributed by atoms with E-state index in [1.807, 2.05) is 31.3 Å². The Balaban J connectivity index is 1.49. The van der Waals surface area contributed by atoms with E-state index >= 15 is 0 Å². The predicted molar refractivity (Wildman–Crippen MR) is 99.3 cm³/mol. The highest BCUT2D eigenvalue weighted by Gasteiger charge is 2.15. The molecule has 0 amide bonds. The van der Waals surface area contributed by atoms with Gasteiger partial charge in [-0.1, -0.05) is 18.2 Å². The van der Waals surface area contributed by atoms with Crippen molar-refractivity contribution >= 4 is 0 Å². The normalized spacial score (nSPS) is 14.9. The first-order chi connectivity index (χ1) is 12.3. The molecule has 1 saturated heterocycles. The Kier molecular flexibility index (Phi) is 4.61. The molecule has 0 bridgehead atoms. The smallest absolute Gasteiger partial charge is 0.226 e. The van der Waals surface area contributed by atoms with Gasteiger partial charge in [0.15, 0.2) is 0 Å². The molecule has 4 nitrogen and oxygen atoms in total. The molecular formula is C21H23N3O. The lowest BCUT2D eigenvalue weighted by atomic mass is 10.1. The maximum Gasteiger partial charge on any atom is 0.226 e. The second-order valence-corrected chi connectivity index (χ2v) is 6.61. The van der Waals surface area contributed by atoms with Crippen molar-refractivity contribution in [2.75, 3.05) is 19.6 Å². The van der Waals surface area contributed by atoms with E-state index < -0.39 is 0 Å². The fourth-order valence-electron chi connectivity index (χ4n) is 3.37. The average molecular weight is 333 g/mol. The molecule has 128 valence electrons. The Bertz CT molecular complexity index is 818. The van der Waals surface area contributed by atoms with Gasteiger partial charge in [-0.05, 0) is 57.1 Å². The number of likely N-dealkylation sites (tertiary alicyclic amines) is 1. The van der Waals surface area contributed by atoms with Gasteiger partial charge in [0, 0.05) is 30.3 Å². The SMILES string of the molecule is Cc1oc(-c2ccc(-c3ccccn3)cc2)nc1CCN1CCCC1. The maximum atomic E-state index is 5.92. The van der Waals surface area contributed by atoms with Gasteiger partial charge in [0.2, 0.25) is 5.89 Å². The first-order valence-corrected chi connectivity index (χ1v) is 9.00. The van der Waals surface area contributed by atoms with Gasteiger partial charge in [0.1, 0.15) is 5.76 Å². The van der Waals surface area contributed by atoms with Crippen molar-refractivity contribution in [2.45, 2.75) is 26.2 Å². The van der Waals surface area contributed by atoms with Crippen molar-refractivity contribution < 1.29 is 4.42 Å². The molecular weight excluding hydrogens is 310 g/mol. The number of rotatable bonds is 5. The van der Waals surface area contributed by atoms with E-state index in [0.29, 0.717) is 5.89 Å². The van der Waals surface area contributed by atoms with Gasteiger partial charge in [-0.15, -0.1) is 0 Å². The van der Waals surface area contributed by atoms with Gasteiger partial charge in [-0.2, -0.15) is 0 Å². The fraction of sp³-hybridized carbons (Fsp3) is 0.333. The van der Waals surface area contributed by atoms with E-state index in [9.17, 15) is 0 Å². The van der Waals surface area contributed by atoms with Crippen molar-refractivity contribution in [1.29, 1.82) is 0 Å². The molecule has 3 heterocycles. The summed E-state index contributed by atoms with van der Waals surface area (Å²) in [6, 6.07) is 14.2. The molecule has 0 aliphatic carbocycles. The third-order valence-corrected chi connectivity index (χ3v) is 4.85. The van der Waals surface area contributed by atoms with Crippen LogP contribution in [0.5, 0.6) is 0 Å². The van der Waals surface area contributed by atoms with Crippen molar-refractivity contribution in [3.05, 3.63) is 60.1 Å². The van der Waals surface area contributed by atoms with Crippen LogP contribution in [-0.4, -0.2) is 34.5 Å². The van der Waals surface area contributed by atoms with E-state index in [2.05, 4.69) is 34.1 Å². The molecule has 0 spiro atoms. The summed E-state index contributed by atoms with van der Waals surface area (Å²) in [6.45, 7) is 5.53. The van der Waals surface area contributed by atoms with Gasteiger partial charge in [-0.3, -0.25) is 4.98 Å². The lowest BCUT2D eigenvalue weighted by molar-refractivity contribution is 0.341. The summed E-state index contributed by atoms with van der Waals surface area (Å²) < 4.78 is 5.92. The highest BCUT2D eigenvalue weighted by atomic mass is 16.4. The zero-order chi connectivity index (χ0) is 17.1. The van der Waals surface area contributed by atoms with Crippen molar-refractivity contribution in [3.63, 3.8) is 0 Å². The van der Waals surface area contributed by atoms with Gasteiger partial charge in [0.25, 0.3) is 0 Å². The van der Waals surface area contributed by atoms with E-state index in [1.165, 1.54) is 25.9 Å². The van der Waals surface area contributed by atoms with Crippen LogP contribution in [0.25, 0.3) is 22.7 Å². The molecule has 3 aromatic rings. The molecule has 0 radical (unpaired) electrons. The number of aryl methyl sites for hydroxylation is 1. The summed E-state index contributed by atoms with van der Waals surface area (Å²) in [4.78, 5) is 11.6. The van der Waals surface area contributed by atoms with Gasteiger partial charge >= 0.3 is 0 Å². The van der Waals surface area contributed by atoms with Crippen LogP contribution < -0.4 is 0 Å².